The molecule has 5 nitrogen and oxygen atoms in total. The van der Waals surface area contributed by atoms with E-state index in [1.165, 1.54) is 0 Å². The molecule has 24 heavy (non-hydrogen) atoms. The summed E-state index contributed by atoms with van der Waals surface area (Å²) in [5, 5.41) is 15.3. The van der Waals surface area contributed by atoms with Crippen molar-refractivity contribution in [2.24, 2.45) is 11.8 Å². The number of rotatable bonds is 7. The Bertz CT molecular complexity index is 545. The number of carbonyl (C=O) groups is 2. The highest BCUT2D eigenvalue weighted by Crippen LogP contribution is 2.25. The zero-order valence-corrected chi connectivity index (χ0v) is 14.5. The van der Waals surface area contributed by atoms with E-state index in [2.05, 4.69) is 10.6 Å². The standard InChI is InChI=1S/C19H28N2O3/c1-13(2)18(19(24)20-16-10-6-9-15(16)12-22)21-17(23)11-14-7-4-3-5-8-14/h3-5,7-8,13,15-16,18,22H,6,9-12H2,1-2H3,(H,20,24)(H,21,23)/t15-,16-,18-/m0/s1. The Balaban J connectivity index is 1.93. The summed E-state index contributed by atoms with van der Waals surface area (Å²) < 4.78 is 0. The van der Waals surface area contributed by atoms with Crippen LogP contribution in [-0.4, -0.2) is 35.6 Å². The van der Waals surface area contributed by atoms with Crippen LogP contribution in [0.5, 0.6) is 0 Å². The molecule has 2 rings (SSSR count). The fourth-order valence-electron chi connectivity index (χ4n) is 3.26. The van der Waals surface area contributed by atoms with E-state index in [1.807, 2.05) is 44.2 Å². The largest absolute Gasteiger partial charge is 0.396 e. The van der Waals surface area contributed by atoms with E-state index in [9.17, 15) is 14.7 Å². The Morgan fingerprint density at radius 1 is 1.21 bits per heavy atom. The Hall–Kier alpha value is -1.88. The summed E-state index contributed by atoms with van der Waals surface area (Å²) in [4.78, 5) is 24.8. The highest BCUT2D eigenvalue weighted by Gasteiger charge is 2.31. The topological polar surface area (TPSA) is 78.4 Å². The Kier molecular flexibility index (Phi) is 6.79. The van der Waals surface area contributed by atoms with E-state index in [4.69, 9.17) is 0 Å². The zero-order valence-electron chi connectivity index (χ0n) is 14.5. The molecule has 0 saturated heterocycles. The molecule has 0 radical (unpaired) electrons. The second-order valence-corrected chi connectivity index (χ2v) is 6.94. The van der Waals surface area contributed by atoms with Crippen molar-refractivity contribution in [2.75, 3.05) is 6.61 Å². The molecule has 1 aromatic rings. The van der Waals surface area contributed by atoms with Crippen molar-refractivity contribution in [1.29, 1.82) is 0 Å². The molecule has 1 fully saturated rings. The lowest BCUT2D eigenvalue weighted by Crippen LogP contribution is -2.53. The Morgan fingerprint density at radius 2 is 1.92 bits per heavy atom. The fourth-order valence-corrected chi connectivity index (χ4v) is 3.26. The normalized spacial score (nSPS) is 21.5. The summed E-state index contributed by atoms with van der Waals surface area (Å²) in [5.74, 6) is -0.183. The van der Waals surface area contributed by atoms with E-state index in [0.717, 1.165) is 24.8 Å². The van der Waals surface area contributed by atoms with Crippen molar-refractivity contribution in [3.63, 3.8) is 0 Å². The van der Waals surface area contributed by atoms with Crippen LogP contribution < -0.4 is 10.6 Å². The van der Waals surface area contributed by atoms with Crippen molar-refractivity contribution < 1.29 is 14.7 Å². The molecule has 3 N–H and O–H groups in total. The lowest BCUT2D eigenvalue weighted by Gasteiger charge is -2.26. The molecule has 0 bridgehead atoms. The second-order valence-electron chi connectivity index (χ2n) is 6.94. The first-order valence-corrected chi connectivity index (χ1v) is 8.75. The van der Waals surface area contributed by atoms with Crippen LogP contribution in [0.4, 0.5) is 0 Å². The van der Waals surface area contributed by atoms with Crippen LogP contribution in [-0.2, 0) is 16.0 Å². The predicted octanol–water partition coefficient (Wildman–Crippen LogP) is 1.65. The Morgan fingerprint density at radius 3 is 2.54 bits per heavy atom. The Labute approximate surface area is 143 Å². The van der Waals surface area contributed by atoms with Crippen LogP contribution in [0.2, 0.25) is 0 Å². The first kappa shape index (κ1) is 18.5. The molecule has 0 aliphatic heterocycles. The van der Waals surface area contributed by atoms with Crippen molar-refractivity contribution in [2.45, 2.75) is 51.6 Å². The van der Waals surface area contributed by atoms with Gasteiger partial charge in [0.25, 0.3) is 0 Å². The molecule has 1 aliphatic carbocycles. The lowest BCUT2D eigenvalue weighted by atomic mass is 10.00. The van der Waals surface area contributed by atoms with Crippen LogP contribution >= 0.6 is 0 Å². The predicted molar refractivity (Wildman–Crippen MR) is 93.3 cm³/mol. The van der Waals surface area contributed by atoms with Gasteiger partial charge in [-0.2, -0.15) is 0 Å². The van der Waals surface area contributed by atoms with E-state index < -0.39 is 6.04 Å². The monoisotopic (exact) mass is 332 g/mol. The maximum Gasteiger partial charge on any atom is 0.243 e. The SMILES string of the molecule is CC(C)[C@H](NC(=O)Cc1ccccc1)C(=O)N[C@H]1CCC[C@H]1CO. The summed E-state index contributed by atoms with van der Waals surface area (Å²) in [6.45, 7) is 3.94. The average Bonchev–Trinajstić information content (AvgIpc) is 3.00. The van der Waals surface area contributed by atoms with E-state index >= 15 is 0 Å². The number of amides is 2. The highest BCUT2D eigenvalue weighted by atomic mass is 16.3. The minimum Gasteiger partial charge on any atom is -0.396 e. The van der Waals surface area contributed by atoms with Gasteiger partial charge in [-0.15, -0.1) is 0 Å². The number of carbonyl (C=O) groups excluding carboxylic acids is 2. The summed E-state index contributed by atoms with van der Waals surface area (Å²) in [7, 11) is 0. The quantitative estimate of drug-likeness (QED) is 0.710. The van der Waals surface area contributed by atoms with Gasteiger partial charge in [-0.25, -0.2) is 0 Å². The summed E-state index contributed by atoms with van der Waals surface area (Å²) >= 11 is 0. The first-order valence-electron chi connectivity index (χ1n) is 8.75. The average molecular weight is 332 g/mol. The lowest BCUT2D eigenvalue weighted by molar-refractivity contribution is -0.130. The van der Waals surface area contributed by atoms with Crippen LogP contribution in [0.1, 0.15) is 38.7 Å². The molecule has 5 heteroatoms. The van der Waals surface area contributed by atoms with Gasteiger partial charge in [0.05, 0.1) is 6.42 Å². The van der Waals surface area contributed by atoms with Crippen molar-refractivity contribution >= 4 is 11.8 Å². The first-order chi connectivity index (χ1) is 11.5. The van der Waals surface area contributed by atoms with Crippen molar-refractivity contribution in [3.05, 3.63) is 35.9 Å². The van der Waals surface area contributed by atoms with Crippen LogP contribution in [0.25, 0.3) is 0 Å². The molecule has 0 spiro atoms. The molecule has 3 atom stereocenters. The number of aliphatic hydroxyl groups is 1. The van der Waals surface area contributed by atoms with Gasteiger partial charge in [-0.1, -0.05) is 50.6 Å². The van der Waals surface area contributed by atoms with Gasteiger partial charge < -0.3 is 15.7 Å². The molecular formula is C19H28N2O3. The third-order valence-electron chi connectivity index (χ3n) is 4.69. The van der Waals surface area contributed by atoms with Gasteiger partial charge in [0.15, 0.2) is 0 Å². The summed E-state index contributed by atoms with van der Waals surface area (Å²) in [6, 6.07) is 8.94. The molecule has 132 valence electrons. The maximum atomic E-state index is 12.6. The molecule has 2 amide bonds. The summed E-state index contributed by atoms with van der Waals surface area (Å²) in [5.41, 5.74) is 0.925. The molecule has 0 aromatic heterocycles. The number of hydrogen-bond donors (Lipinski definition) is 3. The highest BCUT2D eigenvalue weighted by molar-refractivity contribution is 5.88. The fraction of sp³-hybridized carbons (Fsp3) is 0.579. The van der Waals surface area contributed by atoms with E-state index in [0.29, 0.717) is 0 Å². The second kappa shape index (κ2) is 8.83. The van der Waals surface area contributed by atoms with Crippen LogP contribution in [0, 0.1) is 11.8 Å². The van der Waals surface area contributed by atoms with Gasteiger partial charge >= 0.3 is 0 Å². The molecule has 1 saturated carbocycles. The van der Waals surface area contributed by atoms with E-state index in [-0.39, 0.29) is 42.7 Å². The van der Waals surface area contributed by atoms with Gasteiger partial charge in [-0.05, 0) is 24.3 Å². The zero-order chi connectivity index (χ0) is 17.5. The molecule has 0 unspecified atom stereocenters. The van der Waals surface area contributed by atoms with Gasteiger partial charge in [0, 0.05) is 18.6 Å². The van der Waals surface area contributed by atoms with Crippen molar-refractivity contribution in [1.82, 2.24) is 10.6 Å². The number of nitrogens with one attached hydrogen (secondary N) is 2. The number of hydrogen-bond acceptors (Lipinski definition) is 3. The molecule has 1 aliphatic rings. The minimum atomic E-state index is -0.554. The van der Waals surface area contributed by atoms with Crippen LogP contribution in [0.3, 0.4) is 0 Å². The van der Waals surface area contributed by atoms with Crippen molar-refractivity contribution in [3.8, 4) is 0 Å². The molecular weight excluding hydrogens is 304 g/mol. The smallest absolute Gasteiger partial charge is 0.243 e. The number of aliphatic hydroxyl groups excluding tert-OH is 1. The van der Waals surface area contributed by atoms with Gasteiger partial charge in [0.1, 0.15) is 6.04 Å². The summed E-state index contributed by atoms with van der Waals surface area (Å²) in [6.07, 6.45) is 3.11. The van der Waals surface area contributed by atoms with Gasteiger partial charge in [0.2, 0.25) is 11.8 Å². The third-order valence-corrected chi connectivity index (χ3v) is 4.69. The van der Waals surface area contributed by atoms with Crippen LogP contribution in [0.15, 0.2) is 30.3 Å². The molecule has 1 aromatic carbocycles. The van der Waals surface area contributed by atoms with Gasteiger partial charge in [-0.3, -0.25) is 9.59 Å². The number of benzene rings is 1. The minimum absolute atomic E-state index is 0.00120. The maximum absolute atomic E-state index is 12.6. The third kappa shape index (κ3) is 5.06. The van der Waals surface area contributed by atoms with E-state index in [1.54, 1.807) is 0 Å². The molecule has 0 heterocycles.